The Morgan fingerprint density at radius 3 is 1.57 bits per heavy atom. The smallest absolute Gasteiger partial charge is 0.217 e. The molecule has 4 fully saturated rings. The molecule has 4 aliphatic rings. The fourth-order valence-electron chi connectivity index (χ4n) is 6.81. The standard InChI is InChI=1S/C28H48N2O21/c1-7(35)29-13-16(38)21(10(4-32)46-24(13)28(45)12(6-34)49-25(44)14(23(28)43)30-8(2)36)50-27-20(42)18(40)22(11(5-33)48-27)51-26-19(41)17(39)15(37)9(3-31)47-26/h9-27,31-34,37-45H,3-6H2,1-2H3,(H,29,35)(H,30,36)/t9-,10-,11-,12-,13-,14-,15+,16-,17+,18-,19-,20-,21-,22+,23-,24-,25?,26+,27+,28-/m1/s1. The van der Waals surface area contributed by atoms with Gasteiger partial charge in [-0.1, -0.05) is 0 Å². The van der Waals surface area contributed by atoms with Gasteiger partial charge in [0.2, 0.25) is 11.8 Å². The fourth-order valence-corrected chi connectivity index (χ4v) is 6.81. The van der Waals surface area contributed by atoms with Crippen molar-refractivity contribution < 1.29 is 104 Å². The van der Waals surface area contributed by atoms with E-state index in [9.17, 15) is 76.0 Å². The average Bonchev–Trinajstić information content (AvgIpc) is 3.09. The van der Waals surface area contributed by atoms with Crippen LogP contribution in [0.2, 0.25) is 0 Å². The summed E-state index contributed by atoms with van der Waals surface area (Å²) in [7, 11) is 0. The van der Waals surface area contributed by atoms with Gasteiger partial charge in [-0.05, 0) is 0 Å². The van der Waals surface area contributed by atoms with Crippen molar-refractivity contribution in [1.29, 1.82) is 0 Å². The van der Waals surface area contributed by atoms with Crippen LogP contribution < -0.4 is 10.6 Å². The predicted octanol–water partition coefficient (Wildman–Crippen LogP) is -10.1. The first-order chi connectivity index (χ1) is 24.0. The lowest BCUT2D eigenvalue weighted by Crippen LogP contribution is -2.80. The first kappa shape index (κ1) is 41.9. The minimum absolute atomic E-state index is 0.772. The van der Waals surface area contributed by atoms with Crippen LogP contribution >= 0.6 is 0 Å². The highest BCUT2D eigenvalue weighted by molar-refractivity contribution is 5.74. The summed E-state index contributed by atoms with van der Waals surface area (Å²) in [4.78, 5) is 24.1. The third-order valence-electron chi connectivity index (χ3n) is 9.45. The van der Waals surface area contributed by atoms with Crippen LogP contribution in [0.3, 0.4) is 0 Å². The lowest BCUT2D eigenvalue weighted by molar-refractivity contribution is -0.377. The van der Waals surface area contributed by atoms with Gasteiger partial charge in [0.25, 0.3) is 0 Å². The van der Waals surface area contributed by atoms with E-state index < -0.39 is 160 Å². The summed E-state index contributed by atoms with van der Waals surface area (Å²) in [5.41, 5.74) is -2.83. The molecule has 0 radical (unpaired) electrons. The zero-order chi connectivity index (χ0) is 38.1. The maximum Gasteiger partial charge on any atom is 0.217 e. The molecule has 1 unspecified atom stereocenters. The van der Waals surface area contributed by atoms with Crippen LogP contribution in [-0.4, -0.2) is 227 Å². The fraction of sp³-hybridized carbons (Fsp3) is 0.929. The largest absolute Gasteiger partial charge is 0.394 e. The molecule has 20 atom stereocenters. The molecule has 296 valence electrons. The molecule has 23 heteroatoms. The lowest BCUT2D eigenvalue weighted by atomic mass is 9.73. The van der Waals surface area contributed by atoms with E-state index in [1.165, 1.54) is 0 Å². The van der Waals surface area contributed by atoms with E-state index in [1.54, 1.807) is 0 Å². The maximum atomic E-state index is 12.3. The van der Waals surface area contributed by atoms with Gasteiger partial charge in [-0.2, -0.15) is 0 Å². The number of hydrogen-bond donors (Lipinski definition) is 15. The van der Waals surface area contributed by atoms with Gasteiger partial charge in [0.15, 0.2) is 18.9 Å². The normalized spacial score (nSPS) is 49.3. The molecular weight excluding hydrogens is 700 g/mol. The Labute approximate surface area is 289 Å². The number of rotatable bonds is 11. The van der Waals surface area contributed by atoms with E-state index >= 15 is 0 Å². The van der Waals surface area contributed by atoms with Gasteiger partial charge in [-0.25, -0.2) is 0 Å². The van der Waals surface area contributed by atoms with Crippen molar-refractivity contribution >= 4 is 11.8 Å². The maximum absolute atomic E-state index is 12.3. The number of carbonyl (C=O) groups excluding carboxylic acids is 2. The molecule has 0 aromatic carbocycles. The van der Waals surface area contributed by atoms with E-state index in [0.717, 1.165) is 13.8 Å². The summed E-state index contributed by atoms with van der Waals surface area (Å²) in [6.07, 6.45) is -31.7. The van der Waals surface area contributed by atoms with Gasteiger partial charge in [-0.3, -0.25) is 9.59 Å². The summed E-state index contributed by atoms with van der Waals surface area (Å²) in [6.45, 7) is -1.79. The van der Waals surface area contributed by atoms with E-state index in [0.29, 0.717) is 0 Å². The molecule has 0 saturated carbocycles. The molecule has 0 aromatic rings. The van der Waals surface area contributed by atoms with Crippen molar-refractivity contribution in [2.45, 2.75) is 136 Å². The van der Waals surface area contributed by atoms with Crippen LogP contribution in [0.25, 0.3) is 0 Å². The zero-order valence-electron chi connectivity index (χ0n) is 27.4. The molecule has 4 saturated heterocycles. The Hall–Kier alpha value is -1.82. The lowest BCUT2D eigenvalue weighted by Gasteiger charge is -2.56. The second kappa shape index (κ2) is 17.1. The Bertz CT molecular complexity index is 1170. The second-order valence-electron chi connectivity index (χ2n) is 12.9. The quantitative estimate of drug-likeness (QED) is 0.0932. The van der Waals surface area contributed by atoms with Crippen LogP contribution in [0, 0.1) is 0 Å². The minimum Gasteiger partial charge on any atom is -0.394 e. The Morgan fingerprint density at radius 2 is 1.06 bits per heavy atom. The highest BCUT2D eigenvalue weighted by atomic mass is 16.7. The van der Waals surface area contributed by atoms with Crippen LogP contribution in [0.1, 0.15) is 13.8 Å². The average molecular weight is 749 g/mol. The van der Waals surface area contributed by atoms with Gasteiger partial charge in [0.1, 0.15) is 97.1 Å². The molecule has 2 amide bonds. The van der Waals surface area contributed by atoms with Crippen LogP contribution in [0.4, 0.5) is 0 Å². The van der Waals surface area contributed by atoms with Crippen molar-refractivity contribution in [3.05, 3.63) is 0 Å². The summed E-state index contributed by atoms with van der Waals surface area (Å²) < 4.78 is 33.3. The van der Waals surface area contributed by atoms with Gasteiger partial charge >= 0.3 is 0 Å². The number of ether oxygens (including phenoxy) is 6. The zero-order valence-corrected chi connectivity index (χ0v) is 27.4. The molecule has 0 spiro atoms. The molecule has 51 heavy (non-hydrogen) atoms. The van der Waals surface area contributed by atoms with Crippen LogP contribution in [0.15, 0.2) is 0 Å². The Morgan fingerprint density at radius 1 is 0.588 bits per heavy atom. The summed E-state index contributed by atoms with van der Waals surface area (Å²) in [5.74, 6) is -1.60. The number of aliphatic hydroxyl groups is 13. The first-order valence-corrected chi connectivity index (χ1v) is 16.0. The van der Waals surface area contributed by atoms with Gasteiger partial charge < -0.3 is 105 Å². The monoisotopic (exact) mass is 748 g/mol. The SMILES string of the molecule is CC(=O)N[C@@H]1[C@@H](O)[C@H](O[C@@H]2O[C@H](CO)[C@H](O[C@@H]3O[C@H](CO)[C@H](O)[C@H](O)[C@H]3O)[C@H](O)[C@H]2O)[C@@H](CO)O[C@H]1[C@]1(O)[C@H](O)[C@@H](NC(C)=O)C(O)O[C@@H]1CO. The molecular formula is C28H48N2O21. The van der Waals surface area contributed by atoms with E-state index in [2.05, 4.69) is 10.6 Å². The van der Waals surface area contributed by atoms with E-state index in [1.807, 2.05) is 0 Å². The van der Waals surface area contributed by atoms with Crippen molar-refractivity contribution in [3.63, 3.8) is 0 Å². The second-order valence-corrected chi connectivity index (χ2v) is 12.9. The van der Waals surface area contributed by atoms with Gasteiger partial charge in [0, 0.05) is 13.8 Å². The van der Waals surface area contributed by atoms with Crippen LogP contribution in [0.5, 0.6) is 0 Å². The van der Waals surface area contributed by atoms with Crippen molar-refractivity contribution in [2.24, 2.45) is 0 Å². The van der Waals surface area contributed by atoms with E-state index in [4.69, 9.17) is 28.4 Å². The highest BCUT2D eigenvalue weighted by Crippen LogP contribution is 2.40. The van der Waals surface area contributed by atoms with Crippen molar-refractivity contribution in [1.82, 2.24) is 10.6 Å². The summed E-state index contributed by atoms with van der Waals surface area (Å²) in [6, 6.07) is -3.52. The molecule has 0 bridgehead atoms. The number of amides is 2. The molecule has 0 aliphatic carbocycles. The first-order valence-electron chi connectivity index (χ1n) is 16.0. The Balaban J connectivity index is 1.59. The topological polar surface area (TPSA) is 377 Å². The molecule has 23 nitrogen and oxygen atoms in total. The number of aliphatic hydroxyl groups excluding tert-OH is 12. The minimum atomic E-state index is -2.83. The highest BCUT2D eigenvalue weighted by Gasteiger charge is 2.65. The van der Waals surface area contributed by atoms with Crippen LogP contribution in [-0.2, 0) is 38.0 Å². The molecule has 0 aromatic heterocycles. The third kappa shape index (κ3) is 8.16. The third-order valence-corrected chi connectivity index (χ3v) is 9.45. The molecule has 4 aliphatic heterocycles. The summed E-state index contributed by atoms with van der Waals surface area (Å²) in [5, 5.41) is 142. The van der Waals surface area contributed by atoms with Crippen molar-refractivity contribution in [3.8, 4) is 0 Å². The van der Waals surface area contributed by atoms with Crippen molar-refractivity contribution in [2.75, 3.05) is 26.4 Å². The predicted molar refractivity (Wildman–Crippen MR) is 157 cm³/mol. The number of nitrogens with one attached hydrogen (secondary N) is 2. The number of carbonyl (C=O) groups is 2. The number of hydrogen-bond acceptors (Lipinski definition) is 21. The van der Waals surface area contributed by atoms with E-state index in [-0.39, 0.29) is 0 Å². The molecule has 15 N–H and O–H groups in total. The van der Waals surface area contributed by atoms with Gasteiger partial charge in [-0.15, -0.1) is 0 Å². The molecule has 4 heterocycles. The Kier molecular flexibility index (Phi) is 14.1. The molecule has 4 rings (SSSR count). The summed E-state index contributed by atoms with van der Waals surface area (Å²) >= 11 is 0. The van der Waals surface area contributed by atoms with Gasteiger partial charge in [0.05, 0.1) is 32.5 Å².